The summed E-state index contributed by atoms with van der Waals surface area (Å²) < 4.78 is 17.9. The lowest BCUT2D eigenvalue weighted by molar-refractivity contribution is -0.142. The van der Waals surface area contributed by atoms with E-state index < -0.39 is 12.0 Å². The van der Waals surface area contributed by atoms with Crippen molar-refractivity contribution in [3.8, 4) is 0 Å². The highest BCUT2D eigenvalue weighted by atomic mass is 19.1. The van der Waals surface area contributed by atoms with E-state index in [9.17, 15) is 14.0 Å². The van der Waals surface area contributed by atoms with Crippen LogP contribution in [0.2, 0.25) is 0 Å². The van der Waals surface area contributed by atoms with E-state index in [0.29, 0.717) is 5.56 Å². The van der Waals surface area contributed by atoms with E-state index in [1.165, 1.54) is 19.2 Å². The molecule has 0 aliphatic rings. The molecule has 4 nitrogen and oxygen atoms in total. The van der Waals surface area contributed by atoms with Crippen LogP contribution in [0.3, 0.4) is 0 Å². The minimum atomic E-state index is -0.864. The molecule has 0 saturated heterocycles. The van der Waals surface area contributed by atoms with Crippen LogP contribution >= 0.6 is 0 Å². The smallest absolute Gasteiger partial charge is 0.328 e. The van der Waals surface area contributed by atoms with Gasteiger partial charge >= 0.3 is 5.97 Å². The molecule has 0 bridgehead atoms. The molecule has 1 amide bonds. The van der Waals surface area contributed by atoms with Crippen molar-refractivity contribution in [1.29, 1.82) is 0 Å². The van der Waals surface area contributed by atoms with E-state index >= 15 is 0 Å². The maximum Gasteiger partial charge on any atom is 0.328 e. The number of ether oxygens (including phenoxy) is 1. The van der Waals surface area contributed by atoms with E-state index in [0.717, 1.165) is 16.3 Å². The van der Waals surface area contributed by atoms with Gasteiger partial charge in [-0.1, -0.05) is 48.5 Å². The topological polar surface area (TPSA) is 55.4 Å². The first-order chi connectivity index (χ1) is 12.6. The molecule has 0 aliphatic carbocycles. The predicted octanol–water partition coefficient (Wildman–Crippen LogP) is 3.49. The molecule has 0 heterocycles. The Hall–Kier alpha value is -3.21. The molecule has 0 aromatic heterocycles. The number of esters is 1. The third kappa shape index (κ3) is 3.88. The number of hydrogen-bond acceptors (Lipinski definition) is 3. The fourth-order valence-electron chi connectivity index (χ4n) is 2.85. The summed E-state index contributed by atoms with van der Waals surface area (Å²) in [5, 5.41) is 4.47. The summed E-state index contributed by atoms with van der Waals surface area (Å²) in [6.45, 7) is 0. The number of halogens is 1. The fourth-order valence-corrected chi connectivity index (χ4v) is 2.85. The maximum absolute atomic E-state index is 13.1. The summed E-state index contributed by atoms with van der Waals surface area (Å²) in [6.07, 6.45) is 0.212. The predicted molar refractivity (Wildman–Crippen MR) is 97.3 cm³/mol. The van der Waals surface area contributed by atoms with Gasteiger partial charge in [-0.25, -0.2) is 9.18 Å². The van der Waals surface area contributed by atoms with Crippen LogP contribution in [0.5, 0.6) is 0 Å². The summed E-state index contributed by atoms with van der Waals surface area (Å²) in [4.78, 5) is 24.9. The van der Waals surface area contributed by atoms with Gasteiger partial charge in [-0.15, -0.1) is 0 Å². The molecule has 3 aromatic rings. The molecule has 0 saturated carbocycles. The van der Waals surface area contributed by atoms with Gasteiger partial charge in [0, 0.05) is 12.0 Å². The molecule has 3 aromatic carbocycles. The van der Waals surface area contributed by atoms with Gasteiger partial charge in [-0.05, 0) is 34.5 Å². The van der Waals surface area contributed by atoms with Crippen LogP contribution in [0.15, 0.2) is 66.7 Å². The number of rotatable bonds is 5. The number of amides is 1. The van der Waals surface area contributed by atoms with Crippen molar-refractivity contribution in [2.75, 3.05) is 7.11 Å². The van der Waals surface area contributed by atoms with Gasteiger partial charge in [0.2, 0.25) is 0 Å². The lowest BCUT2D eigenvalue weighted by Gasteiger charge is -2.17. The number of benzene rings is 3. The zero-order valence-electron chi connectivity index (χ0n) is 14.2. The monoisotopic (exact) mass is 351 g/mol. The molecule has 1 atom stereocenters. The molecular formula is C21H18FNO3. The summed E-state index contributed by atoms with van der Waals surface area (Å²) >= 11 is 0. The number of carbonyl (C=O) groups excluding carboxylic acids is 2. The Labute approximate surface area is 150 Å². The summed E-state index contributed by atoms with van der Waals surface area (Å²) in [5.74, 6) is -1.27. The Bertz CT molecular complexity index is 932. The standard InChI is InChI=1S/C21H18FNO3/c1-26-21(25)19(13-14-9-11-16(22)12-10-14)23-20(24)18-8-4-6-15-5-2-3-7-17(15)18/h2-12,19H,13H2,1H3,(H,23,24)/t19-/m0/s1. The highest BCUT2D eigenvalue weighted by molar-refractivity contribution is 6.08. The molecule has 3 rings (SSSR count). The summed E-state index contributed by atoms with van der Waals surface area (Å²) in [5.41, 5.74) is 1.20. The van der Waals surface area contributed by atoms with Crippen molar-refractivity contribution in [3.05, 3.63) is 83.7 Å². The Morgan fingerprint density at radius 2 is 1.69 bits per heavy atom. The SMILES string of the molecule is COC(=O)[C@H](Cc1ccc(F)cc1)NC(=O)c1cccc2ccccc12. The van der Waals surface area contributed by atoms with Crippen molar-refractivity contribution in [3.63, 3.8) is 0 Å². The molecule has 5 heteroatoms. The minimum Gasteiger partial charge on any atom is -0.467 e. The number of nitrogens with one attached hydrogen (secondary N) is 1. The second-order valence-electron chi connectivity index (χ2n) is 5.91. The molecule has 0 spiro atoms. The normalized spacial score (nSPS) is 11.8. The fraction of sp³-hybridized carbons (Fsp3) is 0.143. The average molecular weight is 351 g/mol. The number of carbonyl (C=O) groups is 2. The van der Waals surface area contributed by atoms with Crippen LogP contribution in [0.1, 0.15) is 15.9 Å². The Morgan fingerprint density at radius 3 is 2.42 bits per heavy atom. The minimum absolute atomic E-state index is 0.212. The van der Waals surface area contributed by atoms with Crippen molar-refractivity contribution in [1.82, 2.24) is 5.32 Å². The van der Waals surface area contributed by atoms with E-state index in [-0.39, 0.29) is 18.1 Å². The second kappa shape index (κ2) is 7.78. The zero-order valence-corrected chi connectivity index (χ0v) is 14.2. The number of methoxy groups -OCH3 is 1. The maximum atomic E-state index is 13.1. The molecule has 0 unspecified atom stereocenters. The third-order valence-corrected chi connectivity index (χ3v) is 4.18. The molecule has 0 aliphatic heterocycles. The first-order valence-electron chi connectivity index (χ1n) is 8.19. The largest absolute Gasteiger partial charge is 0.467 e. The van der Waals surface area contributed by atoms with Gasteiger partial charge in [-0.3, -0.25) is 4.79 Å². The van der Waals surface area contributed by atoms with Gasteiger partial charge in [0.05, 0.1) is 7.11 Å². The van der Waals surface area contributed by atoms with E-state index in [1.54, 1.807) is 24.3 Å². The molecule has 26 heavy (non-hydrogen) atoms. The first-order valence-corrected chi connectivity index (χ1v) is 8.19. The van der Waals surface area contributed by atoms with E-state index in [2.05, 4.69) is 5.32 Å². The van der Waals surface area contributed by atoms with E-state index in [1.807, 2.05) is 30.3 Å². The highest BCUT2D eigenvalue weighted by Crippen LogP contribution is 2.19. The highest BCUT2D eigenvalue weighted by Gasteiger charge is 2.23. The Balaban J connectivity index is 1.85. The van der Waals surface area contributed by atoms with Crippen LogP contribution in [0, 0.1) is 5.82 Å². The van der Waals surface area contributed by atoms with Crippen LogP contribution in [0.25, 0.3) is 10.8 Å². The van der Waals surface area contributed by atoms with Crippen LogP contribution in [-0.2, 0) is 16.0 Å². The summed E-state index contributed by atoms with van der Waals surface area (Å²) in [7, 11) is 1.27. The quantitative estimate of drug-likeness (QED) is 0.716. The number of hydrogen-bond donors (Lipinski definition) is 1. The van der Waals surface area contributed by atoms with Crippen molar-refractivity contribution >= 4 is 22.6 Å². The van der Waals surface area contributed by atoms with Gasteiger partial charge in [0.1, 0.15) is 11.9 Å². The van der Waals surface area contributed by atoms with Crippen LogP contribution < -0.4 is 5.32 Å². The molecule has 1 N–H and O–H groups in total. The first kappa shape index (κ1) is 17.6. The van der Waals surface area contributed by atoms with Gasteiger partial charge in [0.25, 0.3) is 5.91 Å². The van der Waals surface area contributed by atoms with Crippen molar-refractivity contribution in [2.45, 2.75) is 12.5 Å². The van der Waals surface area contributed by atoms with E-state index in [4.69, 9.17) is 4.74 Å². The molecular weight excluding hydrogens is 333 g/mol. The van der Waals surface area contributed by atoms with Gasteiger partial charge < -0.3 is 10.1 Å². The lowest BCUT2D eigenvalue weighted by Crippen LogP contribution is -2.43. The average Bonchev–Trinajstić information content (AvgIpc) is 2.68. The molecule has 0 fully saturated rings. The molecule has 132 valence electrons. The summed E-state index contributed by atoms with van der Waals surface area (Å²) in [6, 6.07) is 17.9. The van der Waals surface area contributed by atoms with Crippen LogP contribution in [-0.4, -0.2) is 25.0 Å². The van der Waals surface area contributed by atoms with Crippen molar-refractivity contribution in [2.24, 2.45) is 0 Å². The van der Waals surface area contributed by atoms with Gasteiger partial charge in [-0.2, -0.15) is 0 Å². The molecule has 0 radical (unpaired) electrons. The van der Waals surface area contributed by atoms with Gasteiger partial charge in [0.15, 0.2) is 0 Å². The Morgan fingerprint density at radius 1 is 1.00 bits per heavy atom. The second-order valence-corrected chi connectivity index (χ2v) is 5.91. The number of fused-ring (bicyclic) bond motifs is 1. The zero-order chi connectivity index (χ0) is 18.5. The lowest BCUT2D eigenvalue weighted by atomic mass is 10.0. The van der Waals surface area contributed by atoms with Crippen LogP contribution in [0.4, 0.5) is 4.39 Å². The third-order valence-electron chi connectivity index (χ3n) is 4.18. The Kier molecular flexibility index (Phi) is 5.27. The van der Waals surface area contributed by atoms with Crippen molar-refractivity contribution < 1.29 is 18.7 Å².